The molecule has 0 saturated heterocycles. The van der Waals surface area contributed by atoms with E-state index in [9.17, 15) is 5.11 Å². The van der Waals surface area contributed by atoms with Crippen LogP contribution >= 0.6 is 34.8 Å². The van der Waals surface area contributed by atoms with Gasteiger partial charge in [0.25, 0.3) is 0 Å². The molecule has 3 N–H and O–H groups in total. The van der Waals surface area contributed by atoms with E-state index >= 15 is 0 Å². The zero-order valence-corrected chi connectivity index (χ0v) is 11.4. The van der Waals surface area contributed by atoms with Gasteiger partial charge in [0.1, 0.15) is 5.82 Å². The third-order valence-corrected chi connectivity index (χ3v) is 3.84. The van der Waals surface area contributed by atoms with Crippen molar-refractivity contribution in [3.63, 3.8) is 0 Å². The SMILES string of the molecule is Nc1nccc(CO)c1-c1ccc(Cl)c(Cl)c1Cl. The number of aliphatic hydroxyl groups is 1. The van der Waals surface area contributed by atoms with Crippen LogP contribution in [0.25, 0.3) is 11.1 Å². The number of hydrogen-bond acceptors (Lipinski definition) is 3. The Morgan fingerprint density at radius 1 is 1.11 bits per heavy atom. The molecule has 2 aromatic rings. The molecule has 1 heterocycles. The van der Waals surface area contributed by atoms with Crippen molar-refractivity contribution in [3.05, 3.63) is 45.0 Å². The average Bonchev–Trinajstić information content (AvgIpc) is 2.37. The van der Waals surface area contributed by atoms with Gasteiger partial charge in [-0.1, -0.05) is 40.9 Å². The number of rotatable bonds is 2. The summed E-state index contributed by atoms with van der Waals surface area (Å²) in [7, 11) is 0. The minimum Gasteiger partial charge on any atom is -0.392 e. The molecule has 0 aliphatic heterocycles. The monoisotopic (exact) mass is 302 g/mol. The summed E-state index contributed by atoms with van der Waals surface area (Å²) in [5, 5.41) is 10.2. The molecule has 94 valence electrons. The van der Waals surface area contributed by atoms with Crippen molar-refractivity contribution in [2.24, 2.45) is 0 Å². The number of anilines is 1. The fourth-order valence-electron chi connectivity index (χ4n) is 1.68. The van der Waals surface area contributed by atoms with Crippen LogP contribution in [0.15, 0.2) is 24.4 Å². The predicted molar refractivity (Wildman–Crippen MR) is 75.0 cm³/mol. The van der Waals surface area contributed by atoms with Crippen molar-refractivity contribution in [1.29, 1.82) is 0 Å². The van der Waals surface area contributed by atoms with Crippen LogP contribution in [0.4, 0.5) is 5.82 Å². The Hall–Kier alpha value is -1.000. The van der Waals surface area contributed by atoms with E-state index in [4.69, 9.17) is 40.5 Å². The van der Waals surface area contributed by atoms with Crippen molar-refractivity contribution in [1.82, 2.24) is 4.98 Å². The molecule has 3 nitrogen and oxygen atoms in total. The molecule has 0 unspecified atom stereocenters. The number of nitrogens with two attached hydrogens (primary N) is 1. The van der Waals surface area contributed by atoms with Crippen molar-refractivity contribution < 1.29 is 5.11 Å². The van der Waals surface area contributed by atoms with Gasteiger partial charge in [0.15, 0.2) is 0 Å². The lowest BCUT2D eigenvalue weighted by Gasteiger charge is -2.12. The Morgan fingerprint density at radius 2 is 1.83 bits per heavy atom. The van der Waals surface area contributed by atoms with E-state index in [0.29, 0.717) is 26.7 Å². The minimum atomic E-state index is -0.168. The summed E-state index contributed by atoms with van der Waals surface area (Å²) in [6.07, 6.45) is 1.52. The number of aromatic nitrogens is 1. The first-order valence-corrected chi connectivity index (χ1v) is 6.17. The van der Waals surface area contributed by atoms with E-state index in [1.165, 1.54) is 6.20 Å². The Kier molecular flexibility index (Phi) is 3.97. The van der Waals surface area contributed by atoms with Crippen LogP contribution in [-0.2, 0) is 6.61 Å². The second kappa shape index (κ2) is 5.33. The number of aliphatic hydroxyl groups excluding tert-OH is 1. The first-order valence-electron chi connectivity index (χ1n) is 5.04. The van der Waals surface area contributed by atoms with E-state index in [2.05, 4.69) is 4.98 Å². The van der Waals surface area contributed by atoms with Crippen molar-refractivity contribution in [2.45, 2.75) is 6.61 Å². The molecule has 0 fully saturated rings. The fraction of sp³-hybridized carbons (Fsp3) is 0.0833. The van der Waals surface area contributed by atoms with Crippen LogP contribution in [0.3, 0.4) is 0 Å². The molecule has 0 spiro atoms. The highest BCUT2D eigenvalue weighted by Crippen LogP contribution is 2.40. The van der Waals surface area contributed by atoms with Gasteiger partial charge in [-0.05, 0) is 17.7 Å². The second-order valence-corrected chi connectivity index (χ2v) is 4.77. The number of nitrogens with zero attached hydrogens (tertiary/aromatic N) is 1. The van der Waals surface area contributed by atoms with Gasteiger partial charge in [-0.2, -0.15) is 0 Å². The molecule has 2 rings (SSSR count). The molecule has 0 radical (unpaired) electrons. The Bertz CT molecular complexity index is 602. The zero-order valence-electron chi connectivity index (χ0n) is 9.12. The number of pyridine rings is 1. The fourth-order valence-corrected chi connectivity index (χ4v) is 2.31. The molecule has 0 bridgehead atoms. The third kappa shape index (κ3) is 2.27. The van der Waals surface area contributed by atoms with Gasteiger partial charge in [-0.15, -0.1) is 0 Å². The maximum Gasteiger partial charge on any atom is 0.131 e. The Labute approximate surface area is 119 Å². The van der Waals surface area contributed by atoms with Crippen LogP contribution in [0.2, 0.25) is 15.1 Å². The smallest absolute Gasteiger partial charge is 0.131 e. The van der Waals surface area contributed by atoms with Crippen LogP contribution in [0.5, 0.6) is 0 Å². The van der Waals surface area contributed by atoms with Gasteiger partial charge in [-0.3, -0.25) is 0 Å². The maximum atomic E-state index is 9.33. The van der Waals surface area contributed by atoms with Crippen LogP contribution in [-0.4, -0.2) is 10.1 Å². The molecule has 1 aromatic heterocycles. The highest BCUT2D eigenvalue weighted by molar-refractivity contribution is 6.49. The van der Waals surface area contributed by atoms with E-state index in [-0.39, 0.29) is 17.4 Å². The van der Waals surface area contributed by atoms with Gasteiger partial charge in [-0.25, -0.2) is 4.98 Å². The summed E-state index contributed by atoms with van der Waals surface area (Å²) in [4.78, 5) is 3.99. The first kappa shape index (κ1) is 13.4. The van der Waals surface area contributed by atoms with Gasteiger partial charge in [0.05, 0.1) is 21.7 Å². The summed E-state index contributed by atoms with van der Waals surface area (Å²) in [6, 6.07) is 4.99. The largest absolute Gasteiger partial charge is 0.392 e. The van der Waals surface area contributed by atoms with E-state index in [1.54, 1.807) is 18.2 Å². The first-order chi connectivity index (χ1) is 8.56. The van der Waals surface area contributed by atoms with Crippen molar-refractivity contribution in [2.75, 3.05) is 5.73 Å². The zero-order chi connectivity index (χ0) is 13.3. The lowest BCUT2D eigenvalue weighted by molar-refractivity contribution is 0.282. The molecule has 0 saturated carbocycles. The van der Waals surface area contributed by atoms with E-state index in [1.807, 2.05) is 0 Å². The third-order valence-electron chi connectivity index (χ3n) is 2.54. The van der Waals surface area contributed by atoms with Crippen LogP contribution in [0, 0.1) is 0 Å². The van der Waals surface area contributed by atoms with E-state index in [0.717, 1.165) is 0 Å². The topological polar surface area (TPSA) is 59.1 Å². The van der Waals surface area contributed by atoms with E-state index < -0.39 is 0 Å². The highest BCUT2D eigenvalue weighted by Gasteiger charge is 2.16. The van der Waals surface area contributed by atoms with Crippen LogP contribution in [0.1, 0.15) is 5.56 Å². The quantitative estimate of drug-likeness (QED) is 0.830. The molecular weight excluding hydrogens is 295 g/mol. The average molecular weight is 304 g/mol. The van der Waals surface area contributed by atoms with Crippen LogP contribution < -0.4 is 5.73 Å². The Morgan fingerprint density at radius 3 is 2.50 bits per heavy atom. The predicted octanol–water partition coefficient (Wildman–Crippen LogP) is 3.78. The van der Waals surface area contributed by atoms with Gasteiger partial charge < -0.3 is 10.8 Å². The molecule has 0 amide bonds. The summed E-state index contributed by atoms with van der Waals surface area (Å²) < 4.78 is 0. The highest BCUT2D eigenvalue weighted by atomic mass is 35.5. The standard InChI is InChI=1S/C12H9Cl3N2O/c13-8-2-1-7(10(14)11(8)15)9-6(5-18)3-4-17-12(9)16/h1-4,18H,5H2,(H2,16,17). The second-order valence-electron chi connectivity index (χ2n) is 3.61. The summed E-state index contributed by atoms with van der Waals surface area (Å²) >= 11 is 18.0. The lowest BCUT2D eigenvalue weighted by atomic mass is 10.0. The Balaban J connectivity index is 2.73. The molecule has 0 aliphatic rings. The van der Waals surface area contributed by atoms with Gasteiger partial charge >= 0.3 is 0 Å². The summed E-state index contributed by atoms with van der Waals surface area (Å²) in [5.74, 6) is 0.279. The molecule has 1 aromatic carbocycles. The molecule has 6 heteroatoms. The molecule has 18 heavy (non-hydrogen) atoms. The van der Waals surface area contributed by atoms with Crippen molar-refractivity contribution in [3.8, 4) is 11.1 Å². The normalized spacial score (nSPS) is 10.7. The molecule has 0 aliphatic carbocycles. The minimum absolute atomic E-state index is 0.168. The summed E-state index contributed by atoms with van der Waals surface area (Å²) in [5.41, 5.74) is 7.63. The van der Waals surface area contributed by atoms with Gasteiger partial charge in [0.2, 0.25) is 0 Å². The number of halogens is 3. The van der Waals surface area contributed by atoms with Gasteiger partial charge in [0, 0.05) is 17.3 Å². The number of hydrogen-bond donors (Lipinski definition) is 2. The lowest BCUT2D eigenvalue weighted by Crippen LogP contribution is -1.99. The maximum absolute atomic E-state index is 9.33. The molecular formula is C12H9Cl3N2O. The summed E-state index contributed by atoms with van der Waals surface area (Å²) in [6.45, 7) is -0.168. The van der Waals surface area contributed by atoms with Crippen molar-refractivity contribution >= 4 is 40.6 Å². The molecule has 0 atom stereocenters. The number of nitrogen functional groups attached to an aromatic ring is 1. The number of benzene rings is 1.